The van der Waals surface area contributed by atoms with Crippen molar-refractivity contribution in [3.8, 4) is 0 Å². The Kier molecular flexibility index (Phi) is 5.02. The lowest BCUT2D eigenvalue weighted by molar-refractivity contribution is -0.143. The number of nitrogens with one attached hydrogen (secondary N) is 2. The molecule has 2 aromatic carbocycles. The lowest BCUT2D eigenvalue weighted by Crippen LogP contribution is -2.53. The van der Waals surface area contributed by atoms with Crippen LogP contribution in [0, 0.1) is 18.8 Å². The van der Waals surface area contributed by atoms with Crippen LogP contribution in [-0.2, 0) is 31.3 Å². The Morgan fingerprint density at radius 2 is 1.85 bits per heavy atom. The molecule has 3 heterocycles. The molecule has 2 saturated heterocycles. The van der Waals surface area contributed by atoms with E-state index in [4.69, 9.17) is 17.3 Å². The van der Waals surface area contributed by atoms with Crippen LogP contribution in [0.4, 0.5) is 5.69 Å². The molecule has 1 spiro atoms. The van der Waals surface area contributed by atoms with E-state index in [-0.39, 0.29) is 25.3 Å². The molecular weight excluding hydrogens is 444 g/mol. The van der Waals surface area contributed by atoms with E-state index < -0.39 is 41.1 Å². The summed E-state index contributed by atoms with van der Waals surface area (Å²) in [5, 5.41) is 6.66. The lowest BCUT2D eigenvalue weighted by Gasteiger charge is -2.29. The number of imide groups is 1. The second kappa shape index (κ2) is 7.67. The van der Waals surface area contributed by atoms with Gasteiger partial charge in [-0.25, -0.2) is 0 Å². The number of rotatable bonds is 5. The third kappa shape index (κ3) is 3.08. The Balaban J connectivity index is 1.61. The van der Waals surface area contributed by atoms with Gasteiger partial charge in [0.15, 0.2) is 0 Å². The number of carbonyl (C=O) groups excluding carboxylic acids is 4. The second-order valence-corrected chi connectivity index (χ2v) is 9.27. The van der Waals surface area contributed by atoms with Crippen molar-refractivity contribution in [2.24, 2.45) is 17.6 Å². The molecule has 0 aliphatic carbocycles. The topological polar surface area (TPSA) is 122 Å². The molecule has 0 bridgehead atoms. The summed E-state index contributed by atoms with van der Waals surface area (Å²) in [4.78, 5) is 53.5. The van der Waals surface area contributed by atoms with E-state index in [9.17, 15) is 19.2 Å². The van der Waals surface area contributed by atoms with Crippen LogP contribution < -0.4 is 16.4 Å². The maximum Gasteiger partial charge on any atom is 0.250 e. The quantitative estimate of drug-likeness (QED) is 0.580. The lowest BCUT2D eigenvalue weighted by atomic mass is 9.76. The van der Waals surface area contributed by atoms with E-state index in [0.717, 1.165) is 5.56 Å². The van der Waals surface area contributed by atoms with Gasteiger partial charge in [0.25, 0.3) is 0 Å². The van der Waals surface area contributed by atoms with Gasteiger partial charge in [0.1, 0.15) is 5.54 Å². The fourth-order valence-electron chi connectivity index (χ4n) is 5.52. The minimum absolute atomic E-state index is 0.0330. The van der Waals surface area contributed by atoms with Crippen molar-refractivity contribution >= 4 is 40.9 Å². The number of benzene rings is 2. The van der Waals surface area contributed by atoms with E-state index in [1.54, 1.807) is 19.1 Å². The number of amides is 4. The minimum Gasteiger partial charge on any atom is -0.370 e. The zero-order valence-electron chi connectivity index (χ0n) is 17.9. The monoisotopic (exact) mass is 466 g/mol. The number of halogens is 1. The first-order valence-corrected chi connectivity index (χ1v) is 11.2. The Labute approximate surface area is 195 Å². The van der Waals surface area contributed by atoms with Crippen molar-refractivity contribution in [3.63, 3.8) is 0 Å². The van der Waals surface area contributed by atoms with Crippen LogP contribution in [-0.4, -0.2) is 34.6 Å². The van der Waals surface area contributed by atoms with Crippen molar-refractivity contribution in [1.29, 1.82) is 0 Å². The average Bonchev–Trinajstić information content (AvgIpc) is 3.37. The third-order valence-electron chi connectivity index (χ3n) is 7.06. The van der Waals surface area contributed by atoms with E-state index in [1.807, 2.05) is 30.3 Å². The van der Waals surface area contributed by atoms with Gasteiger partial charge in [0, 0.05) is 23.0 Å². The summed E-state index contributed by atoms with van der Waals surface area (Å²) in [6.07, 6.45) is 0.275. The normalized spacial score (nSPS) is 27.8. The molecule has 2 fully saturated rings. The molecule has 2 aromatic rings. The molecule has 4 N–H and O–H groups in total. The molecule has 0 radical (unpaired) electrons. The molecule has 4 amide bonds. The van der Waals surface area contributed by atoms with Gasteiger partial charge < -0.3 is 11.1 Å². The van der Waals surface area contributed by atoms with E-state index >= 15 is 0 Å². The first kappa shape index (κ1) is 21.6. The van der Waals surface area contributed by atoms with Crippen LogP contribution in [0.15, 0.2) is 42.5 Å². The largest absolute Gasteiger partial charge is 0.370 e. The van der Waals surface area contributed by atoms with Gasteiger partial charge in [0.05, 0.1) is 24.1 Å². The molecule has 3 aliphatic rings. The molecule has 8 nitrogen and oxygen atoms in total. The Morgan fingerprint density at radius 1 is 1.12 bits per heavy atom. The van der Waals surface area contributed by atoms with Gasteiger partial charge in [-0.15, -0.1) is 0 Å². The van der Waals surface area contributed by atoms with Crippen molar-refractivity contribution in [3.05, 3.63) is 64.2 Å². The van der Waals surface area contributed by atoms with E-state index in [1.165, 1.54) is 4.90 Å². The SMILES string of the molecule is Cc1c(Cl)ccc2c1NC(=O)C21NC(CCC(N)=O)C2C(=O)N(Cc3ccccc3)C(=O)C21. The first-order chi connectivity index (χ1) is 15.8. The average molecular weight is 467 g/mol. The number of nitrogens with zero attached hydrogens (tertiary/aromatic N) is 1. The van der Waals surface area contributed by atoms with Crippen molar-refractivity contribution < 1.29 is 19.2 Å². The van der Waals surface area contributed by atoms with Crippen LogP contribution in [0.25, 0.3) is 0 Å². The summed E-state index contributed by atoms with van der Waals surface area (Å²) in [7, 11) is 0. The number of nitrogens with two attached hydrogens (primary N) is 1. The fraction of sp³-hybridized carbons (Fsp3) is 0.333. The van der Waals surface area contributed by atoms with Crippen LogP contribution in [0.1, 0.15) is 29.5 Å². The molecule has 3 aliphatic heterocycles. The minimum atomic E-state index is -1.42. The van der Waals surface area contributed by atoms with Gasteiger partial charge in [-0.1, -0.05) is 48.0 Å². The Hall–Kier alpha value is -3.23. The van der Waals surface area contributed by atoms with Crippen molar-refractivity contribution in [2.75, 3.05) is 5.32 Å². The Morgan fingerprint density at radius 3 is 2.55 bits per heavy atom. The van der Waals surface area contributed by atoms with Crippen molar-refractivity contribution in [2.45, 2.75) is 37.9 Å². The first-order valence-electron chi connectivity index (χ1n) is 10.8. The van der Waals surface area contributed by atoms with Gasteiger partial charge in [0.2, 0.25) is 23.6 Å². The second-order valence-electron chi connectivity index (χ2n) is 8.86. The standard InChI is InChI=1S/C24H23ClN4O4/c1-12-15(25)8-7-14-20(12)27-23(33)24(14)19-18(16(28-24)9-10-17(26)30)21(31)29(22(19)32)11-13-5-3-2-4-6-13/h2-8,16,18-19,28H,9-11H2,1H3,(H2,26,30)(H,27,33). The fourth-order valence-corrected chi connectivity index (χ4v) is 5.67. The van der Waals surface area contributed by atoms with Gasteiger partial charge >= 0.3 is 0 Å². The summed E-state index contributed by atoms with van der Waals surface area (Å²) in [6.45, 7) is 1.92. The maximum atomic E-state index is 13.7. The highest BCUT2D eigenvalue weighted by Gasteiger charge is 2.70. The van der Waals surface area contributed by atoms with Crippen LogP contribution in [0.5, 0.6) is 0 Å². The highest BCUT2D eigenvalue weighted by atomic mass is 35.5. The van der Waals surface area contributed by atoms with Gasteiger partial charge in [-0.3, -0.25) is 29.4 Å². The molecule has 170 valence electrons. The van der Waals surface area contributed by atoms with Gasteiger partial charge in [-0.2, -0.15) is 0 Å². The molecule has 4 atom stereocenters. The molecule has 5 rings (SSSR count). The maximum absolute atomic E-state index is 13.7. The molecule has 9 heteroatoms. The van der Waals surface area contributed by atoms with Gasteiger partial charge in [-0.05, 0) is 30.5 Å². The van der Waals surface area contributed by atoms with Crippen molar-refractivity contribution in [1.82, 2.24) is 10.2 Å². The van der Waals surface area contributed by atoms with Crippen LogP contribution in [0.2, 0.25) is 5.02 Å². The highest BCUT2D eigenvalue weighted by Crippen LogP contribution is 2.54. The molecule has 4 unspecified atom stereocenters. The zero-order chi connectivity index (χ0) is 23.5. The molecular formula is C24H23ClN4O4. The highest BCUT2D eigenvalue weighted by molar-refractivity contribution is 6.32. The number of likely N-dealkylation sites (tertiary alicyclic amines) is 1. The third-order valence-corrected chi connectivity index (χ3v) is 7.47. The summed E-state index contributed by atoms with van der Waals surface area (Å²) < 4.78 is 0. The van der Waals surface area contributed by atoms with Crippen LogP contribution in [0.3, 0.4) is 0 Å². The smallest absolute Gasteiger partial charge is 0.250 e. The number of primary amides is 1. The number of hydrogen-bond donors (Lipinski definition) is 3. The number of fused-ring (bicyclic) bond motifs is 4. The summed E-state index contributed by atoms with van der Waals surface area (Å²) in [6, 6.07) is 12.1. The predicted molar refractivity (Wildman–Crippen MR) is 121 cm³/mol. The number of carbonyl (C=O) groups is 4. The summed E-state index contributed by atoms with van der Waals surface area (Å²) in [5.41, 5.74) is 6.59. The van der Waals surface area contributed by atoms with E-state index in [0.29, 0.717) is 21.8 Å². The molecule has 0 saturated carbocycles. The summed E-state index contributed by atoms with van der Waals surface area (Å²) >= 11 is 6.27. The zero-order valence-corrected chi connectivity index (χ0v) is 18.7. The number of hydrogen-bond acceptors (Lipinski definition) is 5. The molecule has 0 aromatic heterocycles. The molecule has 33 heavy (non-hydrogen) atoms. The Bertz CT molecular complexity index is 1200. The predicted octanol–water partition coefficient (Wildman–Crippen LogP) is 1.83. The summed E-state index contributed by atoms with van der Waals surface area (Å²) in [5.74, 6) is -3.38. The van der Waals surface area contributed by atoms with Crippen LogP contribution >= 0.6 is 11.6 Å². The number of anilines is 1. The van der Waals surface area contributed by atoms with E-state index in [2.05, 4.69) is 10.6 Å².